The largest absolute Gasteiger partial charge is 0.453 e. The smallest absolute Gasteiger partial charge is 0.289 e. The lowest BCUT2D eigenvalue weighted by atomic mass is 9.75. The van der Waals surface area contributed by atoms with Gasteiger partial charge in [0.15, 0.2) is 5.76 Å². The molecule has 0 unspecified atom stereocenters. The molecule has 1 aromatic carbocycles. The fourth-order valence-electron chi connectivity index (χ4n) is 5.51. The van der Waals surface area contributed by atoms with Crippen LogP contribution in [-0.4, -0.2) is 54.5 Å². The molecule has 5 nitrogen and oxygen atoms in total. The number of hydrogen-bond acceptors (Lipinski definition) is 4. The van der Waals surface area contributed by atoms with E-state index in [9.17, 15) is 9.18 Å². The van der Waals surface area contributed by atoms with Crippen molar-refractivity contribution in [3.05, 3.63) is 59.3 Å². The predicted molar refractivity (Wildman–Crippen MR) is 101 cm³/mol. The Morgan fingerprint density at radius 2 is 1.89 bits per heavy atom. The Balaban J connectivity index is 1.47. The number of furan rings is 1. The molecule has 6 heteroatoms. The van der Waals surface area contributed by atoms with Gasteiger partial charge in [0.05, 0.1) is 6.04 Å². The maximum atomic E-state index is 13.5. The zero-order chi connectivity index (χ0) is 19.3. The second-order valence-corrected chi connectivity index (χ2v) is 8.17. The number of carbonyl (C=O) groups is 1. The molecule has 28 heavy (non-hydrogen) atoms. The molecular formula is C22H25FN2O3. The molecule has 1 aromatic heterocycles. The lowest BCUT2D eigenvalue weighted by molar-refractivity contribution is -0.00439. The average Bonchev–Trinajstić information content (AvgIpc) is 3.36. The number of amides is 1. The fraction of sp³-hybridized carbons (Fsp3) is 0.500. The summed E-state index contributed by atoms with van der Waals surface area (Å²) in [7, 11) is 1.61. The third-order valence-electron chi connectivity index (χ3n) is 6.71. The van der Waals surface area contributed by atoms with E-state index in [0.29, 0.717) is 36.6 Å². The van der Waals surface area contributed by atoms with Gasteiger partial charge in [-0.25, -0.2) is 4.39 Å². The normalized spacial score (nSPS) is 31.2. The van der Waals surface area contributed by atoms with Crippen LogP contribution in [0.2, 0.25) is 0 Å². The van der Waals surface area contributed by atoms with Crippen LogP contribution < -0.4 is 0 Å². The summed E-state index contributed by atoms with van der Waals surface area (Å²) in [6.07, 6.45) is 2.27. The van der Waals surface area contributed by atoms with Crippen molar-refractivity contribution in [3.8, 4) is 0 Å². The van der Waals surface area contributed by atoms with Crippen molar-refractivity contribution in [2.75, 3.05) is 26.7 Å². The van der Waals surface area contributed by atoms with Gasteiger partial charge in [-0.05, 0) is 61.7 Å². The number of likely N-dealkylation sites (tertiary alicyclic amines) is 1. The Morgan fingerprint density at radius 1 is 1.14 bits per heavy atom. The Hall–Kier alpha value is -2.18. The predicted octanol–water partition coefficient (Wildman–Crippen LogP) is 3.27. The summed E-state index contributed by atoms with van der Waals surface area (Å²) in [4.78, 5) is 17.9. The first-order valence-electron chi connectivity index (χ1n) is 10.0. The van der Waals surface area contributed by atoms with Gasteiger partial charge in [0.25, 0.3) is 5.91 Å². The van der Waals surface area contributed by atoms with Crippen molar-refractivity contribution in [2.45, 2.75) is 37.5 Å². The minimum absolute atomic E-state index is 0.0456. The quantitative estimate of drug-likeness (QED) is 0.812. The second kappa shape index (κ2) is 7.01. The summed E-state index contributed by atoms with van der Waals surface area (Å²) >= 11 is 0. The molecule has 1 amide bonds. The molecule has 2 bridgehead atoms. The third kappa shape index (κ3) is 2.86. The van der Waals surface area contributed by atoms with Gasteiger partial charge < -0.3 is 14.1 Å². The van der Waals surface area contributed by atoms with Gasteiger partial charge in [-0.15, -0.1) is 0 Å². The molecule has 3 atom stereocenters. The van der Waals surface area contributed by atoms with Gasteiger partial charge in [-0.3, -0.25) is 9.69 Å². The third-order valence-corrected chi connectivity index (χ3v) is 6.71. The van der Waals surface area contributed by atoms with Crippen LogP contribution in [0, 0.1) is 11.7 Å². The van der Waals surface area contributed by atoms with Gasteiger partial charge in [-0.1, -0.05) is 12.1 Å². The lowest BCUT2D eigenvalue weighted by Crippen LogP contribution is -2.60. The minimum Gasteiger partial charge on any atom is -0.453 e. The standard InChI is InChI=1S/C22H25FN2O3/c1-27-13-17-6-7-19(28-17)22(26)25-12-18(14-2-4-16(23)5-3-14)21-20(25)15-8-10-24(21)11-9-15/h2-7,15,18,20-21H,8-13H2,1H3/t18-,20+,21+/m1/s1. The van der Waals surface area contributed by atoms with Gasteiger partial charge in [0, 0.05) is 25.6 Å². The van der Waals surface area contributed by atoms with E-state index in [1.807, 2.05) is 17.0 Å². The first-order chi connectivity index (χ1) is 13.7. The van der Waals surface area contributed by atoms with Crippen LogP contribution in [-0.2, 0) is 11.3 Å². The molecule has 2 aromatic rings. The molecule has 4 saturated heterocycles. The number of fused-ring (bicyclic) bond motifs is 2. The van der Waals surface area contributed by atoms with Crippen LogP contribution in [0.5, 0.6) is 0 Å². The molecule has 0 aliphatic carbocycles. The van der Waals surface area contributed by atoms with E-state index in [1.165, 1.54) is 12.1 Å². The molecule has 0 radical (unpaired) electrons. The van der Waals surface area contributed by atoms with Crippen molar-refractivity contribution in [3.63, 3.8) is 0 Å². The number of rotatable bonds is 4. The molecule has 6 rings (SSSR count). The average molecular weight is 384 g/mol. The molecule has 148 valence electrons. The van der Waals surface area contributed by atoms with E-state index >= 15 is 0 Å². The van der Waals surface area contributed by atoms with E-state index < -0.39 is 0 Å². The Kier molecular flexibility index (Phi) is 4.48. The Labute approximate surface area is 164 Å². The van der Waals surface area contributed by atoms with Crippen molar-refractivity contribution < 1.29 is 18.3 Å². The van der Waals surface area contributed by atoms with Crippen LogP contribution in [0.25, 0.3) is 0 Å². The number of nitrogens with zero attached hydrogens (tertiary/aromatic N) is 2. The maximum Gasteiger partial charge on any atom is 0.289 e. The van der Waals surface area contributed by atoms with Crippen molar-refractivity contribution in [1.82, 2.24) is 9.80 Å². The molecule has 4 aliphatic heterocycles. The van der Waals surface area contributed by atoms with Crippen molar-refractivity contribution >= 4 is 5.91 Å². The second-order valence-electron chi connectivity index (χ2n) is 8.17. The topological polar surface area (TPSA) is 45.9 Å². The lowest BCUT2D eigenvalue weighted by Gasteiger charge is -2.51. The fourth-order valence-corrected chi connectivity index (χ4v) is 5.51. The number of hydrogen-bond donors (Lipinski definition) is 0. The maximum absolute atomic E-state index is 13.5. The van der Waals surface area contributed by atoms with E-state index in [0.717, 1.165) is 31.5 Å². The van der Waals surface area contributed by atoms with Crippen LogP contribution in [0.1, 0.15) is 40.6 Å². The molecular weight excluding hydrogens is 359 g/mol. The Bertz CT molecular complexity index is 857. The molecule has 0 N–H and O–H groups in total. The zero-order valence-electron chi connectivity index (χ0n) is 16.0. The monoisotopic (exact) mass is 384 g/mol. The molecule has 0 spiro atoms. The summed E-state index contributed by atoms with van der Waals surface area (Å²) in [5, 5.41) is 0. The summed E-state index contributed by atoms with van der Waals surface area (Å²) in [5.41, 5.74) is 1.11. The SMILES string of the molecule is COCc1ccc(C(=O)N2C[C@H](c3ccc(F)cc3)[C@H]3[C@@H]2C2CCN3CC2)o1. The van der Waals surface area contributed by atoms with E-state index in [4.69, 9.17) is 9.15 Å². The summed E-state index contributed by atoms with van der Waals surface area (Å²) in [6, 6.07) is 10.8. The first kappa shape index (κ1) is 17.9. The highest BCUT2D eigenvalue weighted by atomic mass is 19.1. The number of methoxy groups -OCH3 is 1. The van der Waals surface area contributed by atoms with E-state index in [1.54, 1.807) is 19.2 Å². The number of halogens is 1. The number of carbonyl (C=O) groups excluding carboxylic acids is 1. The van der Waals surface area contributed by atoms with Gasteiger partial charge in [0.1, 0.15) is 18.2 Å². The number of benzene rings is 1. The van der Waals surface area contributed by atoms with Crippen LogP contribution in [0.15, 0.2) is 40.8 Å². The molecule has 4 fully saturated rings. The Morgan fingerprint density at radius 3 is 2.61 bits per heavy atom. The van der Waals surface area contributed by atoms with Crippen molar-refractivity contribution in [1.29, 1.82) is 0 Å². The van der Waals surface area contributed by atoms with Crippen LogP contribution in [0.4, 0.5) is 4.39 Å². The zero-order valence-corrected chi connectivity index (χ0v) is 16.0. The minimum atomic E-state index is -0.224. The van der Waals surface area contributed by atoms with Gasteiger partial charge in [-0.2, -0.15) is 0 Å². The van der Waals surface area contributed by atoms with Crippen LogP contribution >= 0.6 is 0 Å². The van der Waals surface area contributed by atoms with Crippen molar-refractivity contribution in [2.24, 2.45) is 5.92 Å². The molecule has 5 heterocycles. The van der Waals surface area contributed by atoms with E-state index in [-0.39, 0.29) is 23.7 Å². The summed E-state index contributed by atoms with van der Waals surface area (Å²) < 4.78 is 24.3. The highest BCUT2D eigenvalue weighted by Crippen LogP contribution is 2.47. The summed E-state index contributed by atoms with van der Waals surface area (Å²) in [6.45, 7) is 3.18. The first-order valence-corrected chi connectivity index (χ1v) is 10.0. The highest BCUT2D eigenvalue weighted by Gasteiger charge is 2.55. The summed E-state index contributed by atoms with van der Waals surface area (Å²) in [5.74, 6) is 1.49. The molecule has 0 saturated carbocycles. The number of piperidine rings is 3. The highest BCUT2D eigenvalue weighted by molar-refractivity contribution is 5.92. The molecule has 4 aliphatic rings. The van der Waals surface area contributed by atoms with Gasteiger partial charge in [0.2, 0.25) is 0 Å². The van der Waals surface area contributed by atoms with E-state index in [2.05, 4.69) is 4.90 Å². The number of ether oxygens (including phenoxy) is 1. The van der Waals surface area contributed by atoms with Gasteiger partial charge >= 0.3 is 0 Å². The van der Waals surface area contributed by atoms with Crippen LogP contribution in [0.3, 0.4) is 0 Å².